The molecule has 0 atom stereocenters. The first-order valence-electron chi connectivity index (χ1n) is 2.00. The first kappa shape index (κ1) is 16.8. The molecule has 0 aliphatic rings. The van der Waals surface area contributed by atoms with Gasteiger partial charge in [0.1, 0.15) is 0 Å². The summed E-state index contributed by atoms with van der Waals surface area (Å²) in [5, 5.41) is 0. The van der Waals surface area contributed by atoms with Crippen LogP contribution in [0, 0.1) is 0 Å². The topological polar surface area (TPSA) is 0 Å². The molecule has 0 heterocycles. The summed E-state index contributed by atoms with van der Waals surface area (Å²) in [6.07, 6.45) is 0. The third-order valence-corrected chi connectivity index (χ3v) is 0.667. The molecule has 0 bridgehead atoms. The summed E-state index contributed by atoms with van der Waals surface area (Å²) in [6, 6.07) is 12.0. The van der Waals surface area contributed by atoms with E-state index < -0.39 is 0 Å². The van der Waals surface area contributed by atoms with Gasteiger partial charge in [-0.25, -0.2) is 0 Å². The fraction of sp³-hybridized carbons (Fsp3) is 0. The number of hydrogen-bond acceptors (Lipinski definition) is 0. The second-order valence-electron chi connectivity index (χ2n) is 1.15. The normalized spacial score (nSPS) is 5.33. The van der Waals surface area contributed by atoms with Gasteiger partial charge in [-0.2, -0.15) is 0 Å². The Morgan fingerprint density at radius 3 is 0.667 bits per heavy atom. The smallest absolute Gasteiger partial charge is 1.00 e. The fourth-order valence-corrected chi connectivity index (χ4v) is 0.385. The zero-order valence-corrected chi connectivity index (χ0v) is 10.3. The van der Waals surface area contributed by atoms with E-state index in [4.69, 9.17) is 0 Å². The summed E-state index contributed by atoms with van der Waals surface area (Å²) >= 11 is 0. The van der Waals surface area contributed by atoms with Crippen LogP contribution < -0.4 is 34.0 Å². The SMILES string of the molecule is [Br-].[Br-].[Ca+2].c1ccccc1. The third-order valence-electron chi connectivity index (χ3n) is 0.667. The minimum Gasteiger partial charge on any atom is -1.00 e. The molecular weight excluding hydrogens is 272 g/mol. The molecule has 0 aromatic heterocycles. The maximum Gasteiger partial charge on any atom is 2.00 e. The average Bonchev–Trinajstić information content (AvgIpc) is 1.72. The van der Waals surface area contributed by atoms with Crippen molar-refractivity contribution >= 4 is 37.7 Å². The average molecular weight is 278 g/mol. The number of hydrogen-bond donors (Lipinski definition) is 0. The molecule has 46 valence electrons. The Balaban J connectivity index is -0.000000120. The zero-order valence-electron chi connectivity index (χ0n) is 4.93. The minimum atomic E-state index is 0. The van der Waals surface area contributed by atoms with Crippen LogP contribution in [0.3, 0.4) is 0 Å². The Labute approximate surface area is 107 Å². The van der Waals surface area contributed by atoms with Crippen molar-refractivity contribution in [2.45, 2.75) is 0 Å². The third kappa shape index (κ3) is 9.44. The van der Waals surface area contributed by atoms with Crippen LogP contribution in [-0.4, -0.2) is 37.7 Å². The molecule has 0 saturated heterocycles. The molecule has 0 aliphatic heterocycles. The zero-order chi connectivity index (χ0) is 4.24. The van der Waals surface area contributed by atoms with Gasteiger partial charge >= 0.3 is 37.7 Å². The molecule has 0 aliphatic carbocycles. The molecule has 3 heteroatoms. The summed E-state index contributed by atoms with van der Waals surface area (Å²) in [5.41, 5.74) is 0. The van der Waals surface area contributed by atoms with Crippen LogP contribution in [0.15, 0.2) is 36.4 Å². The minimum absolute atomic E-state index is 0. The second kappa shape index (κ2) is 12.1. The quantitative estimate of drug-likeness (QED) is 0.419. The fourth-order valence-electron chi connectivity index (χ4n) is 0.385. The molecular formula is C6H6Br2Ca. The van der Waals surface area contributed by atoms with Crippen molar-refractivity contribution in [3.63, 3.8) is 0 Å². The number of rotatable bonds is 0. The summed E-state index contributed by atoms with van der Waals surface area (Å²) < 4.78 is 0. The van der Waals surface area contributed by atoms with Crippen LogP contribution in [0.25, 0.3) is 0 Å². The first-order valence-corrected chi connectivity index (χ1v) is 2.00. The van der Waals surface area contributed by atoms with E-state index in [2.05, 4.69) is 0 Å². The van der Waals surface area contributed by atoms with Crippen molar-refractivity contribution in [3.05, 3.63) is 36.4 Å². The predicted octanol–water partition coefficient (Wildman–Crippen LogP) is -4.69. The Bertz CT molecular complexity index is 83.0. The molecule has 0 N–H and O–H groups in total. The van der Waals surface area contributed by atoms with Crippen LogP contribution in [0.4, 0.5) is 0 Å². The molecule has 0 unspecified atom stereocenters. The molecule has 1 aromatic carbocycles. The summed E-state index contributed by atoms with van der Waals surface area (Å²) in [5.74, 6) is 0. The van der Waals surface area contributed by atoms with Crippen LogP contribution in [0.2, 0.25) is 0 Å². The van der Waals surface area contributed by atoms with Crippen molar-refractivity contribution in [1.82, 2.24) is 0 Å². The van der Waals surface area contributed by atoms with E-state index in [9.17, 15) is 0 Å². The van der Waals surface area contributed by atoms with E-state index in [1.54, 1.807) is 0 Å². The van der Waals surface area contributed by atoms with Gasteiger partial charge in [-0.05, 0) is 0 Å². The summed E-state index contributed by atoms with van der Waals surface area (Å²) in [7, 11) is 0. The molecule has 0 nitrogen and oxygen atoms in total. The molecule has 1 rings (SSSR count). The number of benzene rings is 1. The summed E-state index contributed by atoms with van der Waals surface area (Å²) in [6.45, 7) is 0. The Morgan fingerprint density at radius 1 is 0.444 bits per heavy atom. The first-order chi connectivity index (χ1) is 3.00. The van der Waals surface area contributed by atoms with E-state index in [0.29, 0.717) is 0 Å². The van der Waals surface area contributed by atoms with Gasteiger partial charge in [0.05, 0.1) is 0 Å². The van der Waals surface area contributed by atoms with Crippen LogP contribution >= 0.6 is 0 Å². The van der Waals surface area contributed by atoms with Crippen molar-refractivity contribution in [2.75, 3.05) is 0 Å². The van der Waals surface area contributed by atoms with E-state index >= 15 is 0 Å². The van der Waals surface area contributed by atoms with Gasteiger partial charge in [-0.15, -0.1) is 0 Å². The van der Waals surface area contributed by atoms with Gasteiger partial charge in [-0.3, -0.25) is 0 Å². The Hall–Kier alpha value is 1.44. The Kier molecular flexibility index (Phi) is 22.7. The van der Waals surface area contributed by atoms with E-state index in [1.807, 2.05) is 36.4 Å². The molecule has 0 amide bonds. The van der Waals surface area contributed by atoms with Crippen LogP contribution in [0.1, 0.15) is 0 Å². The predicted molar refractivity (Wildman–Crippen MR) is 32.2 cm³/mol. The second-order valence-corrected chi connectivity index (χ2v) is 1.15. The molecule has 0 fully saturated rings. The van der Waals surface area contributed by atoms with Crippen molar-refractivity contribution in [2.24, 2.45) is 0 Å². The molecule has 0 spiro atoms. The van der Waals surface area contributed by atoms with Gasteiger partial charge in [0.2, 0.25) is 0 Å². The van der Waals surface area contributed by atoms with E-state index in [1.165, 1.54) is 0 Å². The Morgan fingerprint density at radius 2 is 0.556 bits per heavy atom. The van der Waals surface area contributed by atoms with Crippen molar-refractivity contribution < 1.29 is 34.0 Å². The van der Waals surface area contributed by atoms with Crippen LogP contribution in [-0.2, 0) is 0 Å². The van der Waals surface area contributed by atoms with Gasteiger partial charge in [-0.1, -0.05) is 36.4 Å². The summed E-state index contributed by atoms with van der Waals surface area (Å²) in [4.78, 5) is 0. The van der Waals surface area contributed by atoms with E-state index in [0.717, 1.165) is 0 Å². The standard InChI is InChI=1S/C6H6.2BrH.Ca/c1-2-4-6-5-3-1;;;/h1-6H;2*1H;/q;;;+2/p-2. The number of halogens is 2. The van der Waals surface area contributed by atoms with Gasteiger partial charge in [0, 0.05) is 0 Å². The molecule has 0 radical (unpaired) electrons. The van der Waals surface area contributed by atoms with Crippen molar-refractivity contribution in [3.8, 4) is 0 Å². The van der Waals surface area contributed by atoms with Gasteiger partial charge in [0.25, 0.3) is 0 Å². The van der Waals surface area contributed by atoms with Crippen molar-refractivity contribution in [1.29, 1.82) is 0 Å². The maximum absolute atomic E-state index is 2.00. The monoisotopic (exact) mass is 276 g/mol. The molecule has 9 heavy (non-hydrogen) atoms. The maximum atomic E-state index is 2.00. The van der Waals surface area contributed by atoms with Gasteiger partial charge in [0.15, 0.2) is 0 Å². The molecule has 0 saturated carbocycles. The van der Waals surface area contributed by atoms with E-state index in [-0.39, 0.29) is 71.7 Å². The van der Waals surface area contributed by atoms with Gasteiger partial charge < -0.3 is 34.0 Å². The van der Waals surface area contributed by atoms with Crippen LogP contribution in [0.5, 0.6) is 0 Å². The largest absolute Gasteiger partial charge is 2.00 e. The molecule has 1 aromatic rings.